The second-order valence-electron chi connectivity index (χ2n) is 8.50. The van der Waals surface area contributed by atoms with Gasteiger partial charge in [0.05, 0.1) is 27.3 Å². The minimum Gasteiger partial charge on any atom is -0.338 e. The van der Waals surface area contributed by atoms with Gasteiger partial charge >= 0.3 is 6.18 Å². The van der Waals surface area contributed by atoms with Crippen LogP contribution < -0.4 is 10.9 Å². The van der Waals surface area contributed by atoms with Gasteiger partial charge in [-0.3, -0.25) is 19.0 Å². The first-order valence-electron chi connectivity index (χ1n) is 12.1. The van der Waals surface area contributed by atoms with Crippen LogP contribution in [0, 0.1) is 6.92 Å². The molecule has 2 aromatic heterocycles. The number of carbonyl (C=O) groups excluding carboxylic acids is 2. The Labute approximate surface area is 230 Å². The predicted octanol–water partition coefficient (Wildman–Crippen LogP) is 5.99. The summed E-state index contributed by atoms with van der Waals surface area (Å²) in [7, 11) is 0. The average molecular weight is 575 g/mol. The van der Waals surface area contributed by atoms with Gasteiger partial charge in [0, 0.05) is 18.8 Å². The van der Waals surface area contributed by atoms with Crippen molar-refractivity contribution in [1.82, 2.24) is 14.5 Å². The van der Waals surface area contributed by atoms with Crippen molar-refractivity contribution in [3.63, 3.8) is 0 Å². The van der Waals surface area contributed by atoms with Gasteiger partial charge in [0.25, 0.3) is 11.5 Å². The van der Waals surface area contributed by atoms with Gasteiger partial charge in [0.2, 0.25) is 5.91 Å². The van der Waals surface area contributed by atoms with Crippen LogP contribution in [0.25, 0.3) is 15.9 Å². The van der Waals surface area contributed by atoms with E-state index in [2.05, 4.69) is 10.3 Å². The van der Waals surface area contributed by atoms with E-state index in [9.17, 15) is 27.6 Å². The topological polar surface area (TPSA) is 84.3 Å². The zero-order valence-corrected chi connectivity index (χ0v) is 23.0. The summed E-state index contributed by atoms with van der Waals surface area (Å²) in [6.07, 6.45) is -4.54. The number of aryl methyl sites for hydroxylation is 1. The maximum Gasteiger partial charge on any atom is 0.416 e. The largest absolute Gasteiger partial charge is 0.416 e. The number of nitrogens with one attached hydrogen (secondary N) is 1. The normalized spacial score (nSPS) is 11.5. The number of alkyl halides is 3. The minimum absolute atomic E-state index is 0.00715. The van der Waals surface area contributed by atoms with Crippen molar-refractivity contribution in [2.24, 2.45) is 0 Å². The van der Waals surface area contributed by atoms with Crippen LogP contribution in [0.3, 0.4) is 0 Å². The van der Waals surface area contributed by atoms with Crippen molar-refractivity contribution < 1.29 is 22.8 Å². The second kappa shape index (κ2) is 11.6. The van der Waals surface area contributed by atoms with Crippen molar-refractivity contribution in [2.45, 2.75) is 32.1 Å². The molecule has 2 aromatic carbocycles. The van der Waals surface area contributed by atoms with E-state index in [0.29, 0.717) is 39.4 Å². The van der Waals surface area contributed by atoms with Gasteiger partial charge in [-0.1, -0.05) is 36.0 Å². The highest BCUT2D eigenvalue weighted by molar-refractivity contribution is 7.99. The summed E-state index contributed by atoms with van der Waals surface area (Å²) in [5.41, 5.74) is -0.166. The van der Waals surface area contributed by atoms with Gasteiger partial charge in [-0.25, -0.2) is 4.98 Å². The Morgan fingerprint density at radius 1 is 1.08 bits per heavy atom. The number of thioether (sulfide) groups is 1. The molecule has 0 radical (unpaired) electrons. The lowest BCUT2D eigenvalue weighted by Crippen LogP contribution is -2.30. The molecule has 0 aliphatic carbocycles. The van der Waals surface area contributed by atoms with Crippen LogP contribution in [-0.4, -0.2) is 45.1 Å². The summed E-state index contributed by atoms with van der Waals surface area (Å²) in [6, 6.07) is 13.1. The van der Waals surface area contributed by atoms with E-state index in [1.807, 2.05) is 13.8 Å². The fourth-order valence-corrected chi connectivity index (χ4v) is 6.03. The highest BCUT2D eigenvalue weighted by atomic mass is 32.2. The van der Waals surface area contributed by atoms with Crippen LogP contribution in [0.15, 0.2) is 64.5 Å². The Kier molecular flexibility index (Phi) is 8.45. The van der Waals surface area contributed by atoms with Crippen molar-refractivity contribution >= 4 is 50.8 Å². The standard InChI is InChI=1S/C27H25F3N4O3S2/c1-4-33(5-2)25(37)22-16(3)21-23(39-22)32-26(34(24(21)36)19-12-7-6-8-13-19)38-15-20(35)31-18-11-9-10-17(14-18)27(28,29)30/h6-14H,4-5,15H2,1-3H3,(H,31,35). The quantitative estimate of drug-likeness (QED) is 0.207. The molecule has 0 bridgehead atoms. The number of aromatic nitrogens is 2. The Balaban J connectivity index is 1.70. The van der Waals surface area contributed by atoms with Crippen molar-refractivity contribution in [3.05, 3.63) is 81.0 Å². The molecule has 1 N–H and O–H groups in total. The molecule has 0 aliphatic heterocycles. The molecular formula is C27H25F3N4O3S2. The summed E-state index contributed by atoms with van der Waals surface area (Å²) in [5, 5.41) is 3.02. The number of hydrogen-bond donors (Lipinski definition) is 1. The summed E-state index contributed by atoms with van der Waals surface area (Å²) in [5.74, 6) is -0.953. The maximum absolute atomic E-state index is 13.8. The Hall–Kier alpha value is -3.64. The first-order valence-corrected chi connectivity index (χ1v) is 13.9. The third-order valence-electron chi connectivity index (χ3n) is 6.00. The van der Waals surface area contributed by atoms with Crippen LogP contribution in [0.2, 0.25) is 0 Å². The summed E-state index contributed by atoms with van der Waals surface area (Å²) in [4.78, 5) is 46.7. The first kappa shape index (κ1) is 28.4. The molecule has 4 rings (SSSR count). The number of carbonyl (C=O) groups is 2. The second-order valence-corrected chi connectivity index (χ2v) is 10.4. The number of benzene rings is 2. The number of halogens is 3. The molecule has 0 atom stereocenters. The third kappa shape index (κ3) is 6.01. The molecule has 0 unspecified atom stereocenters. The first-order chi connectivity index (χ1) is 18.5. The molecule has 0 saturated carbocycles. The molecular weight excluding hydrogens is 549 g/mol. The van der Waals surface area contributed by atoms with E-state index in [4.69, 9.17) is 0 Å². The SMILES string of the molecule is CCN(CC)C(=O)c1sc2nc(SCC(=O)Nc3cccc(C(F)(F)F)c3)n(-c3ccccc3)c(=O)c2c1C. The van der Waals surface area contributed by atoms with Crippen molar-refractivity contribution in [3.8, 4) is 5.69 Å². The van der Waals surface area contributed by atoms with Crippen LogP contribution in [0.4, 0.5) is 18.9 Å². The Morgan fingerprint density at radius 3 is 2.41 bits per heavy atom. The zero-order chi connectivity index (χ0) is 28.3. The maximum atomic E-state index is 13.8. The van der Waals surface area contributed by atoms with Crippen LogP contribution in [0.5, 0.6) is 0 Å². The molecule has 0 aliphatic rings. The highest BCUT2D eigenvalue weighted by Crippen LogP contribution is 2.32. The molecule has 2 amide bonds. The molecule has 0 spiro atoms. The average Bonchev–Trinajstić information content (AvgIpc) is 3.24. The number of hydrogen-bond acceptors (Lipinski definition) is 6. The Morgan fingerprint density at radius 2 is 1.77 bits per heavy atom. The fourth-order valence-electron chi connectivity index (χ4n) is 4.02. The van der Waals surface area contributed by atoms with Crippen molar-refractivity contribution in [2.75, 3.05) is 24.2 Å². The lowest BCUT2D eigenvalue weighted by atomic mass is 10.2. The smallest absolute Gasteiger partial charge is 0.338 e. The summed E-state index contributed by atoms with van der Waals surface area (Å²) in [6.45, 7) is 6.52. The summed E-state index contributed by atoms with van der Waals surface area (Å²) < 4.78 is 40.5. The molecule has 12 heteroatoms. The lowest BCUT2D eigenvalue weighted by molar-refractivity contribution is -0.137. The molecule has 4 aromatic rings. The van der Waals surface area contributed by atoms with E-state index in [0.717, 1.165) is 35.2 Å². The van der Waals surface area contributed by atoms with Gasteiger partial charge in [-0.05, 0) is 56.7 Å². The number of amides is 2. The van der Waals surface area contributed by atoms with Gasteiger partial charge < -0.3 is 10.2 Å². The monoisotopic (exact) mass is 574 g/mol. The van der Waals surface area contributed by atoms with E-state index in [-0.39, 0.29) is 28.1 Å². The van der Waals surface area contributed by atoms with E-state index in [1.165, 1.54) is 16.7 Å². The lowest BCUT2D eigenvalue weighted by Gasteiger charge is -2.17. The Bertz CT molecular complexity index is 1580. The van der Waals surface area contributed by atoms with E-state index < -0.39 is 17.6 Å². The fraction of sp³-hybridized carbons (Fsp3) is 0.259. The zero-order valence-electron chi connectivity index (χ0n) is 21.3. The molecule has 0 fully saturated rings. The molecule has 204 valence electrons. The van der Waals surface area contributed by atoms with Gasteiger partial charge in [0.15, 0.2) is 5.16 Å². The van der Waals surface area contributed by atoms with E-state index in [1.54, 1.807) is 42.2 Å². The number of rotatable bonds is 8. The number of para-hydroxylation sites is 1. The number of fused-ring (bicyclic) bond motifs is 1. The van der Waals surface area contributed by atoms with Crippen LogP contribution in [0.1, 0.15) is 34.6 Å². The van der Waals surface area contributed by atoms with E-state index >= 15 is 0 Å². The molecule has 2 heterocycles. The molecule has 39 heavy (non-hydrogen) atoms. The highest BCUT2D eigenvalue weighted by Gasteiger charge is 2.30. The van der Waals surface area contributed by atoms with Crippen LogP contribution in [-0.2, 0) is 11.0 Å². The molecule has 0 saturated heterocycles. The minimum atomic E-state index is -4.54. The summed E-state index contributed by atoms with van der Waals surface area (Å²) >= 11 is 2.10. The number of thiophene rings is 1. The van der Waals surface area contributed by atoms with Crippen molar-refractivity contribution in [1.29, 1.82) is 0 Å². The van der Waals surface area contributed by atoms with Gasteiger partial charge in [-0.15, -0.1) is 11.3 Å². The number of anilines is 1. The molecule has 7 nitrogen and oxygen atoms in total. The number of nitrogens with zero attached hydrogens (tertiary/aromatic N) is 3. The van der Waals surface area contributed by atoms with Gasteiger partial charge in [-0.2, -0.15) is 13.2 Å². The predicted molar refractivity (Wildman–Crippen MR) is 148 cm³/mol. The third-order valence-corrected chi connectivity index (χ3v) is 8.11. The van der Waals surface area contributed by atoms with Crippen LogP contribution >= 0.6 is 23.1 Å². The van der Waals surface area contributed by atoms with Gasteiger partial charge in [0.1, 0.15) is 4.83 Å².